The molecule has 2 heterocycles. The molecule has 5 rings (SSSR count). The summed E-state index contributed by atoms with van der Waals surface area (Å²) in [6.45, 7) is 5.12. The molecule has 0 radical (unpaired) electrons. The third-order valence-electron chi connectivity index (χ3n) is 7.74. The maximum absolute atomic E-state index is 13.9. The molecule has 1 saturated heterocycles. The van der Waals surface area contributed by atoms with Crippen LogP contribution < -0.4 is 14.8 Å². The molecule has 2 N–H and O–H groups in total. The molecule has 9 heteroatoms. The van der Waals surface area contributed by atoms with Crippen LogP contribution in [0.25, 0.3) is 0 Å². The number of ether oxygens (including phenoxy) is 4. The molecule has 0 aromatic heterocycles. The first kappa shape index (κ1) is 28.1. The topological polar surface area (TPSA) is 103 Å². The number of esters is 1. The zero-order valence-electron chi connectivity index (χ0n) is 22.9. The van der Waals surface area contributed by atoms with Crippen LogP contribution in [-0.2, 0) is 19.1 Å². The van der Waals surface area contributed by atoms with E-state index in [1.807, 2.05) is 38.1 Å². The summed E-state index contributed by atoms with van der Waals surface area (Å²) in [5, 5.41) is 13.8. The molecular weight excluding hydrogens is 534 g/mol. The minimum absolute atomic E-state index is 0.0335. The minimum atomic E-state index is -0.742. The number of hydrogen-bond acceptors (Lipinski definition) is 8. The van der Waals surface area contributed by atoms with Crippen LogP contribution in [0, 0.1) is 0 Å². The van der Waals surface area contributed by atoms with Crippen LogP contribution in [0.4, 0.5) is 0 Å². The van der Waals surface area contributed by atoms with Crippen molar-refractivity contribution in [3.05, 3.63) is 75.1 Å². The molecule has 40 heavy (non-hydrogen) atoms. The number of carbonyl (C=O) groups excluding carboxylic acids is 2. The van der Waals surface area contributed by atoms with Crippen LogP contribution in [0.3, 0.4) is 0 Å². The highest BCUT2D eigenvalue weighted by Crippen LogP contribution is 2.48. The number of aromatic hydroxyl groups is 1. The Hall–Kier alpha value is -3.49. The van der Waals surface area contributed by atoms with Crippen molar-refractivity contribution >= 4 is 23.4 Å². The number of dihydropyridines is 1. The first-order valence-electron chi connectivity index (χ1n) is 13.6. The average Bonchev–Trinajstić information content (AvgIpc) is 3.47. The lowest BCUT2D eigenvalue weighted by Crippen LogP contribution is -2.36. The summed E-state index contributed by atoms with van der Waals surface area (Å²) < 4.78 is 22.3. The van der Waals surface area contributed by atoms with Gasteiger partial charge in [-0.3, -0.25) is 4.79 Å². The number of allylic oxidation sites excluding steroid dienone is 3. The van der Waals surface area contributed by atoms with E-state index in [1.165, 1.54) is 7.11 Å². The van der Waals surface area contributed by atoms with Crippen molar-refractivity contribution in [2.75, 3.05) is 26.9 Å². The van der Waals surface area contributed by atoms with E-state index in [4.69, 9.17) is 30.5 Å². The van der Waals surface area contributed by atoms with Crippen molar-refractivity contribution in [1.29, 1.82) is 0 Å². The highest BCUT2D eigenvalue weighted by atomic mass is 35.5. The highest BCUT2D eigenvalue weighted by molar-refractivity contribution is 6.32. The van der Waals surface area contributed by atoms with Crippen molar-refractivity contribution in [3.63, 3.8) is 0 Å². The minimum Gasteiger partial charge on any atom is -0.503 e. The summed E-state index contributed by atoms with van der Waals surface area (Å²) in [6.07, 6.45) is 2.50. The number of halogens is 1. The van der Waals surface area contributed by atoms with E-state index in [1.54, 1.807) is 12.1 Å². The SMILES string of the molecule is CCOc1ccc([C@@H]2CC(=O)C3=C(C2)NC(C)=C(C(=O)OC[C@H]2CCCO2)[C@H]3c2cc(Cl)c(O)c(OC)c2)cc1. The average molecular weight is 568 g/mol. The van der Waals surface area contributed by atoms with E-state index in [-0.39, 0.29) is 47.4 Å². The number of Topliss-reactive ketones (excluding diaryl/α,β-unsaturated/α-hetero) is 1. The predicted octanol–water partition coefficient (Wildman–Crippen LogP) is 5.54. The van der Waals surface area contributed by atoms with Gasteiger partial charge in [0, 0.05) is 35.9 Å². The number of phenolic OH excluding ortho intramolecular Hbond substituents is 1. The van der Waals surface area contributed by atoms with E-state index in [0.717, 1.165) is 29.9 Å². The largest absolute Gasteiger partial charge is 0.503 e. The standard InChI is InChI=1S/C31H34ClNO7/c1-4-38-21-9-7-18(8-10-21)19-13-24-29(25(34)14-19)28(20-12-23(32)30(35)26(15-20)37-3)27(17(2)33-24)31(36)40-16-22-6-5-11-39-22/h7-10,12,15,19,22,28,33,35H,4-6,11,13-14,16H2,1-3H3/t19-,22+,28+/m0/s1. The number of phenols is 1. The molecule has 8 nitrogen and oxygen atoms in total. The second kappa shape index (κ2) is 11.9. The Morgan fingerprint density at radius 1 is 1.18 bits per heavy atom. The fourth-order valence-electron chi connectivity index (χ4n) is 5.82. The van der Waals surface area contributed by atoms with Gasteiger partial charge in [-0.15, -0.1) is 0 Å². The summed E-state index contributed by atoms with van der Waals surface area (Å²) >= 11 is 6.37. The van der Waals surface area contributed by atoms with Crippen LogP contribution in [0.1, 0.15) is 62.5 Å². The Morgan fingerprint density at radius 2 is 1.95 bits per heavy atom. The van der Waals surface area contributed by atoms with Crippen molar-refractivity contribution in [3.8, 4) is 17.2 Å². The van der Waals surface area contributed by atoms with Crippen molar-refractivity contribution in [2.24, 2.45) is 0 Å². The van der Waals surface area contributed by atoms with Crippen molar-refractivity contribution in [2.45, 2.75) is 57.5 Å². The molecule has 2 aliphatic heterocycles. The van der Waals surface area contributed by atoms with Gasteiger partial charge in [0.05, 0.1) is 30.4 Å². The maximum atomic E-state index is 13.9. The van der Waals surface area contributed by atoms with Crippen molar-refractivity contribution in [1.82, 2.24) is 5.32 Å². The second-order valence-electron chi connectivity index (χ2n) is 10.3. The third kappa shape index (κ3) is 5.56. The number of methoxy groups -OCH3 is 1. The van der Waals surface area contributed by atoms with E-state index in [9.17, 15) is 14.7 Å². The number of benzene rings is 2. The summed E-state index contributed by atoms with van der Waals surface area (Å²) in [5.74, 6) is -0.636. The first-order valence-corrected chi connectivity index (χ1v) is 14.0. The van der Waals surface area contributed by atoms with Crippen LogP contribution in [0.2, 0.25) is 5.02 Å². The summed E-state index contributed by atoms with van der Waals surface area (Å²) in [7, 11) is 1.42. The lowest BCUT2D eigenvalue weighted by atomic mass is 9.71. The van der Waals surface area contributed by atoms with Gasteiger partial charge >= 0.3 is 5.97 Å². The third-order valence-corrected chi connectivity index (χ3v) is 8.03. The van der Waals surface area contributed by atoms with Crippen LogP contribution in [0.5, 0.6) is 17.2 Å². The molecule has 212 valence electrons. The zero-order valence-corrected chi connectivity index (χ0v) is 23.7. The number of ketones is 1. The van der Waals surface area contributed by atoms with E-state index < -0.39 is 11.9 Å². The molecule has 0 saturated carbocycles. The Labute approximate surface area is 238 Å². The molecule has 0 amide bonds. The Kier molecular flexibility index (Phi) is 8.38. The van der Waals surface area contributed by atoms with Crippen LogP contribution in [-0.4, -0.2) is 49.9 Å². The molecule has 1 aliphatic carbocycles. The Balaban J connectivity index is 1.52. The van der Waals surface area contributed by atoms with E-state index in [2.05, 4.69) is 5.32 Å². The smallest absolute Gasteiger partial charge is 0.336 e. The van der Waals surface area contributed by atoms with Crippen LogP contribution in [0.15, 0.2) is 58.9 Å². The fraction of sp³-hybridized carbons (Fsp3) is 0.419. The summed E-state index contributed by atoms with van der Waals surface area (Å²) in [4.78, 5) is 27.5. The van der Waals surface area contributed by atoms with E-state index >= 15 is 0 Å². The molecule has 0 bridgehead atoms. The van der Waals surface area contributed by atoms with Gasteiger partial charge in [-0.25, -0.2) is 4.79 Å². The number of hydrogen-bond donors (Lipinski definition) is 2. The number of carbonyl (C=O) groups is 2. The number of rotatable bonds is 8. The maximum Gasteiger partial charge on any atom is 0.336 e. The highest BCUT2D eigenvalue weighted by Gasteiger charge is 2.42. The Morgan fingerprint density at radius 3 is 2.62 bits per heavy atom. The molecule has 1 fully saturated rings. The molecular formula is C31H34ClNO7. The number of nitrogens with one attached hydrogen (secondary N) is 1. The quantitative estimate of drug-likeness (QED) is 0.401. The summed E-state index contributed by atoms with van der Waals surface area (Å²) in [5.41, 5.74) is 3.79. The molecule has 2 aromatic rings. The van der Waals surface area contributed by atoms with Gasteiger partial charge in [-0.1, -0.05) is 23.7 Å². The Bertz CT molecular complexity index is 1360. The second-order valence-corrected chi connectivity index (χ2v) is 10.7. The first-order chi connectivity index (χ1) is 19.3. The van der Waals surface area contributed by atoms with Crippen LogP contribution >= 0.6 is 11.6 Å². The van der Waals surface area contributed by atoms with E-state index in [0.29, 0.717) is 42.0 Å². The molecule has 0 unspecified atom stereocenters. The zero-order chi connectivity index (χ0) is 28.4. The summed E-state index contributed by atoms with van der Waals surface area (Å²) in [6, 6.07) is 11.0. The van der Waals surface area contributed by atoms with Crippen molar-refractivity contribution < 1.29 is 33.6 Å². The molecule has 3 aliphatic rings. The molecule has 2 aromatic carbocycles. The predicted molar refractivity (Wildman–Crippen MR) is 150 cm³/mol. The lowest BCUT2D eigenvalue weighted by Gasteiger charge is -2.37. The van der Waals surface area contributed by atoms with Gasteiger partial charge in [0.2, 0.25) is 0 Å². The van der Waals surface area contributed by atoms with Gasteiger partial charge in [-0.2, -0.15) is 0 Å². The molecule has 0 spiro atoms. The fourth-order valence-corrected chi connectivity index (χ4v) is 6.04. The van der Waals surface area contributed by atoms with Gasteiger partial charge in [0.1, 0.15) is 12.4 Å². The van der Waals surface area contributed by atoms with Gasteiger partial charge < -0.3 is 29.4 Å². The van der Waals surface area contributed by atoms with Gasteiger partial charge in [-0.05, 0) is 74.4 Å². The molecule has 3 atom stereocenters. The monoisotopic (exact) mass is 567 g/mol. The van der Waals surface area contributed by atoms with Gasteiger partial charge in [0.25, 0.3) is 0 Å². The van der Waals surface area contributed by atoms with Gasteiger partial charge in [0.15, 0.2) is 17.3 Å². The normalized spacial score (nSPS) is 22.6. The lowest BCUT2D eigenvalue weighted by molar-refractivity contribution is -0.142.